The van der Waals surface area contributed by atoms with Crippen LogP contribution in [0.15, 0.2) is 0 Å². The standard InChI is InChI=1S/C5H4F6O2/c1-2(3(6)12)13-5(10,11)4(7,8)9/h2H,1H3. The van der Waals surface area contributed by atoms with Gasteiger partial charge in [0, 0.05) is 0 Å². The molecule has 1 atom stereocenters. The summed E-state index contributed by atoms with van der Waals surface area (Å²) in [7, 11) is 0. The number of halogens is 6. The van der Waals surface area contributed by atoms with E-state index in [4.69, 9.17) is 0 Å². The Morgan fingerprint density at radius 3 is 1.85 bits per heavy atom. The average molecular weight is 210 g/mol. The molecule has 0 aromatic rings. The largest absolute Gasteiger partial charge is 0.482 e. The summed E-state index contributed by atoms with van der Waals surface area (Å²) in [6.45, 7) is 0.446. The Hall–Kier alpha value is -0.790. The molecule has 0 aromatic heterocycles. The zero-order valence-corrected chi connectivity index (χ0v) is 6.16. The van der Waals surface area contributed by atoms with E-state index in [0.717, 1.165) is 0 Å². The maximum absolute atomic E-state index is 11.9. The number of rotatable bonds is 3. The molecule has 0 radical (unpaired) electrons. The fourth-order valence-electron chi connectivity index (χ4n) is 0.335. The minimum atomic E-state index is -5.96. The Morgan fingerprint density at radius 2 is 1.62 bits per heavy atom. The van der Waals surface area contributed by atoms with Crippen LogP contribution in [0.5, 0.6) is 0 Å². The lowest BCUT2D eigenvalue weighted by molar-refractivity contribution is -0.397. The van der Waals surface area contributed by atoms with Gasteiger partial charge < -0.3 is 0 Å². The van der Waals surface area contributed by atoms with Gasteiger partial charge in [0.2, 0.25) is 0 Å². The summed E-state index contributed by atoms with van der Waals surface area (Å²) < 4.78 is 72.2. The van der Waals surface area contributed by atoms with Gasteiger partial charge in [0.05, 0.1) is 0 Å². The fourth-order valence-corrected chi connectivity index (χ4v) is 0.335. The highest BCUT2D eigenvalue weighted by molar-refractivity contribution is 5.72. The first-order valence-corrected chi connectivity index (χ1v) is 2.89. The zero-order valence-electron chi connectivity index (χ0n) is 6.16. The summed E-state index contributed by atoms with van der Waals surface area (Å²) >= 11 is 0. The molecule has 78 valence electrons. The minimum Gasteiger partial charge on any atom is -0.299 e. The summed E-state index contributed by atoms with van der Waals surface area (Å²) in [5.41, 5.74) is 0. The van der Waals surface area contributed by atoms with Crippen molar-refractivity contribution in [2.75, 3.05) is 0 Å². The molecular weight excluding hydrogens is 206 g/mol. The Balaban J connectivity index is 4.43. The van der Waals surface area contributed by atoms with Crippen LogP contribution in [0.3, 0.4) is 0 Å². The topological polar surface area (TPSA) is 26.3 Å². The van der Waals surface area contributed by atoms with E-state index < -0.39 is 24.4 Å². The van der Waals surface area contributed by atoms with Crippen molar-refractivity contribution in [3.63, 3.8) is 0 Å². The normalized spacial score (nSPS) is 15.6. The van der Waals surface area contributed by atoms with Crippen LogP contribution < -0.4 is 0 Å². The fraction of sp³-hybridized carbons (Fsp3) is 0.800. The van der Waals surface area contributed by atoms with Gasteiger partial charge in [0.15, 0.2) is 6.10 Å². The molecular formula is C5H4F6O2. The van der Waals surface area contributed by atoms with Crippen molar-refractivity contribution in [1.29, 1.82) is 0 Å². The van der Waals surface area contributed by atoms with Crippen LogP contribution in [0.4, 0.5) is 26.3 Å². The van der Waals surface area contributed by atoms with E-state index in [2.05, 4.69) is 4.74 Å². The van der Waals surface area contributed by atoms with Gasteiger partial charge in [-0.25, -0.2) is 0 Å². The van der Waals surface area contributed by atoms with E-state index in [1.54, 1.807) is 0 Å². The van der Waals surface area contributed by atoms with Crippen LogP contribution in [0.2, 0.25) is 0 Å². The SMILES string of the molecule is CC(OC(F)(F)C(F)(F)F)C(=O)F. The zero-order chi connectivity index (χ0) is 10.9. The second-order valence-electron chi connectivity index (χ2n) is 2.08. The van der Waals surface area contributed by atoms with E-state index in [0.29, 0.717) is 6.92 Å². The van der Waals surface area contributed by atoms with Crippen LogP contribution in [0.25, 0.3) is 0 Å². The third-order valence-corrected chi connectivity index (χ3v) is 0.974. The van der Waals surface area contributed by atoms with Crippen LogP contribution in [-0.2, 0) is 9.53 Å². The van der Waals surface area contributed by atoms with Crippen LogP contribution in [0.1, 0.15) is 6.92 Å². The molecule has 0 bridgehead atoms. The lowest BCUT2D eigenvalue weighted by Gasteiger charge is -2.21. The number of hydrogen-bond acceptors (Lipinski definition) is 2. The summed E-state index contributed by atoms with van der Waals surface area (Å²) in [5, 5.41) is 0. The first-order chi connectivity index (χ1) is 5.58. The summed E-state index contributed by atoms with van der Waals surface area (Å²) in [4.78, 5) is 9.66. The van der Waals surface area contributed by atoms with Gasteiger partial charge in [-0.2, -0.15) is 26.3 Å². The van der Waals surface area contributed by atoms with Gasteiger partial charge >= 0.3 is 18.3 Å². The van der Waals surface area contributed by atoms with E-state index in [-0.39, 0.29) is 0 Å². The predicted molar refractivity (Wildman–Crippen MR) is 27.7 cm³/mol. The van der Waals surface area contributed by atoms with E-state index >= 15 is 0 Å². The van der Waals surface area contributed by atoms with Crippen molar-refractivity contribution in [2.45, 2.75) is 25.3 Å². The van der Waals surface area contributed by atoms with Gasteiger partial charge in [-0.15, -0.1) is 0 Å². The molecule has 0 heterocycles. The molecule has 0 aliphatic rings. The van der Waals surface area contributed by atoms with Crippen molar-refractivity contribution < 1.29 is 35.9 Å². The lowest BCUT2D eigenvalue weighted by atomic mass is 10.4. The third-order valence-electron chi connectivity index (χ3n) is 0.974. The van der Waals surface area contributed by atoms with Gasteiger partial charge in [0.1, 0.15) is 0 Å². The quantitative estimate of drug-likeness (QED) is 0.526. The number of carbonyl (C=O) groups excluding carboxylic acids is 1. The van der Waals surface area contributed by atoms with Crippen LogP contribution in [0, 0.1) is 0 Å². The van der Waals surface area contributed by atoms with E-state index in [9.17, 15) is 31.1 Å². The molecule has 0 saturated heterocycles. The van der Waals surface area contributed by atoms with Crippen LogP contribution in [-0.4, -0.2) is 24.4 Å². The summed E-state index contributed by atoms with van der Waals surface area (Å²) in [6.07, 6.45) is -13.9. The Morgan fingerprint density at radius 1 is 1.23 bits per heavy atom. The van der Waals surface area contributed by atoms with Crippen LogP contribution >= 0.6 is 0 Å². The number of hydrogen-bond donors (Lipinski definition) is 0. The van der Waals surface area contributed by atoms with Gasteiger partial charge in [-0.05, 0) is 6.92 Å². The predicted octanol–water partition coefficient (Wildman–Crippen LogP) is 2.04. The molecule has 0 rings (SSSR count). The lowest BCUT2D eigenvalue weighted by Crippen LogP contribution is -2.42. The van der Waals surface area contributed by atoms with Crippen molar-refractivity contribution in [3.05, 3.63) is 0 Å². The Kier molecular flexibility index (Phi) is 3.31. The molecule has 0 N–H and O–H groups in total. The second-order valence-corrected chi connectivity index (χ2v) is 2.08. The Labute approximate surface area is 68.5 Å². The summed E-state index contributed by atoms with van der Waals surface area (Å²) in [5.74, 6) is 0. The average Bonchev–Trinajstić information content (AvgIpc) is 1.83. The molecule has 8 heteroatoms. The van der Waals surface area contributed by atoms with Crippen molar-refractivity contribution in [3.8, 4) is 0 Å². The van der Waals surface area contributed by atoms with Gasteiger partial charge in [-0.3, -0.25) is 9.53 Å². The van der Waals surface area contributed by atoms with Gasteiger partial charge in [0.25, 0.3) is 0 Å². The molecule has 0 saturated carbocycles. The smallest absolute Gasteiger partial charge is 0.299 e. The van der Waals surface area contributed by atoms with E-state index in [1.807, 2.05) is 0 Å². The summed E-state index contributed by atoms with van der Waals surface area (Å²) in [6, 6.07) is -2.40. The Bertz CT molecular complexity index is 198. The molecule has 0 aromatic carbocycles. The van der Waals surface area contributed by atoms with E-state index in [1.165, 1.54) is 0 Å². The maximum atomic E-state index is 11.9. The molecule has 1 unspecified atom stereocenters. The molecule has 13 heavy (non-hydrogen) atoms. The molecule has 0 amide bonds. The molecule has 0 aliphatic carbocycles. The van der Waals surface area contributed by atoms with Crippen molar-refractivity contribution in [2.24, 2.45) is 0 Å². The second kappa shape index (κ2) is 3.52. The number of alkyl halides is 5. The van der Waals surface area contributed by atoms with Gasteiger partial charge in [-0.1, -0.05) is 0 Å². The molecule has 0 aliphatic heterocycles. The third kappa shape index (κ3) is 3.21. The number of ether oxygens (including phenoxy) is 1. The first-order valence-electron chi connectivity index (χ1n) is 2.89. The number of carbonyl (C=O) groups is 1. The highest BCUT2D eigenvalue weighted by Crippen LogP contribution is 2.37. The molecule has 0 spiro atoms. The van der Waals surface area contributed by atoms with Crippen molar-refractivity contribution >= 4 is 6.04 Å². The monoisotopic (exact) mass is 210 g/mol. The maximum Gasteiger partial charge on any atom is 0.482 e. The highest BCUT2D eigenvalue weighted by Gasteiger charge is 2.60. The highest BCUT2D eigenvalue weighted by atomic mass is 19.4. The minimum absolute atomic E-state index is 0.446. The van der Waals surface area contributed by atoms with Crippen molar-refractivity contribution in [1.82, 2.24) is 0 Å². The first kappa shape index (κ1) is 12.2. The molecule has 0 fully saturated rings. The molecule has 2 nitrogen and oxygen atoms in total.